The molecule has 0 radical (unpaired) electrons. The molecule has 1 aromatic rings. The topological polar surface area (TPSA) is 39.7 Å². The molecule has 4 nitrogen and oxygen atoms in total. The van der Waals surface area contributed by atoms with Crippen LogP contribution in [-0.4, -0.2) is 32.4 Å². The summed E-state index contributed by atoms with van der Waals surface area (Å²) in [5, 5.41) is 3.39. The Hall–Kier alpha value is -1.13. The van der Waals surface area contributed by atoms with Gasteiger partial charge in [-0.2, -0.15) is 0 Å². The fraction of sp³-hybridized carbons (Fsp3) is 0.600. The van der Waals surface area contributed by atoms with E-state index in [0.29, 0.717) is 13.2 Å². The van der Waals surface area contributed by atoms with Crippen molar-refractivity contribution in [2.24, 2.45) is 0 Å². The van der Waals surface area contributed by atoms with Crippen molar-refractivity contribution in [2.75, 3.05) is 26.3 Å². The number of hydrogen-bond donors (Lipinski definition) is 1. The van der Waals surface area contributed by atoms with E-state index in [-0.39, 0.29) is 18.5 Å². The summed E-state index contributed by atoms with van der Waals surface area (Å²) in [6, 6.07) is 5.75. The summed E-state index contributed by atoms with van der Waals surface area (Å²) in [6.45, 7) is 7.19. The predicted molar refractivity (Wildman–Crippen MR) is 82.5 cm³/mol. The van der Waals surface area contributed by atoms with Crippen molar-refractivity contribution in [1.29, 1.82) is 0 Å². The van der Waals surface area contributed by atoms with Gasteiger partial charge in [-0.1, -0.05) is 19.4 Å². The van der Waals surface area contributed by atoms with Crippen molar-refractivity contribution < 1.29 is 14.2 Å². The van der Waals surface area contributed by atoms with E-state index in [2.05, 4.69) is 12.2 Å². The van der Waals surface area contributed by atoms with Gasteiger partial charge in [-0.15, -0.1) is 12.4 Å². The fourth-order valence-corrected chi connectivity index (χ4v) is 2.04. The molecule has 5 heteroatoms. The Bertz CT molecular complexity index is 401. The largest absolute Gasteiger partial charge is 0.490 e. The van der Waals surface area contributed by atoms with Gasteiger partial charge in [0, 0.05) is 6.54 Å². The van der Waals surface area contributed by atoms with E-state index in [1.54, 1.807) is 0 Å². The summed E-state index contributed by atoms with van der Waals surface area (Å²) < 4.78 is 17.3. The molecule has 0 bridgehead atoms. The second kappa shape index (κ2) is 8.93. The van der Waals surface area contributed by atoms with Gasteiger partial charge in [-0.05, 0) is 32.0 Å². The van der Waals surface area contributed by atoms with Crippen LogP contribution in [0.15, 0.2) is 18.2 Å². The first-order valence-electron chi connectivity index (χ1n) is 7.11. The van der Waals surface area contributed by atoms with E-state index in [1.807, 2.05) is 25.1 Å². The summed E-state index contributed by atoms with van der Waals surface area (Å²) in [5.74, 6) is 2.27. The highest BCUT2D eigenvalue weighted by Gasteiger charge is 2.23. The van der Waals surface area contributed by atoms with Crippen molar-refractivity contribution in [3.63, 3.8) is 0 Å². The van der Waals surface area contributed by atoms with Crippen LogP contribution >= 0.6 is 12.4 Å². The minimum Gasteiger partial charge on any atom is -0.490 e. The second-order valence-electron chi connectivity index (χ2n) is 4.62. The Morgan fingerprint density at radius 2 is 2.20 bits per heavy atom. The van der Waals surface area contributed by atoms with Gasteiger partial charge >= 0.3 is 0 Å². The molecule has 114 valence electrons. The first-order valence-corrected chi connectivity index (χ1v) is 7.11. The van der Waals surface area contributed by atoms with Crippen LogP contribution in [0.4, 0.5) is 0 Å². The molecule has 1 atom stereocenters. The number of ether oxygens (including phenoxy) is 3. The number of benzene rings is 1. The van der Waals surface area contributed by atoms with Crippen molar-refractivity contribution in [3.05, 3.63) is 18.2 Å². The Morgan fingerprint density at radius 3 is 2.95 bits per heavy atom. The highest BCUT2D eigenvalue weighted by Crippen LogP contribution is 2.40. The summed E-state index contributed by atoms with van der Waals surface area (Å²) in [4.78, 5) is 0. The van der Waals surface area contributed by atoms with Crippen LogP contribution in [0.3, 0.4) is 0 Å². The minimum atomic E-state index is 0. The first kappa shape index (κ1) is 16.9. The zero-order valence-electron chi connectivity index (χ0n) is 12.2. The third kappa shape index (κ3) is 4.46. The zero-order valence-corrected chi connectivity index (χ0v) is 13.0. The lowest BCUT2D eigenvalue weighted by Crippen LogP contribution is -2.38. The predicted octanol–water partition coefficient (Wildman–Crippen LogP) is 3.04. The van der Waals surface area contributed by atoms with Crippen LogP contribution in [0.5, 0.6) is 17.2 Å². The lowest BCUT2D eigenvalue weighted by Gasteiger charge is -2.28. The van der Waals surface area contributed by atoms with Crippen LogP contribution in [0.2, 0.25) is 0 Å². The highest BCUT2D eigenvalue weighted by atomic mass is 35.5. The highest BCUT2D eigenvalue weighted by molar-refractivity contribution is 5.85. The average Bonchev–Trinajstić information content (AvgIpc) is 2.44. The molecule has 0 saturated carbocycles. The Balaban J connectivity index is 0.00000200. The smallest absolute Gasteiger partial charge is 0.204 e. The zero-order chi connectivity index (χ0) is 13.5. The van der Waals surface area contributed by atoms with Crippen LogP contribution in [-0.2, 0) is 0 Å². The molecule has 1 aromatic carbocycles. The summed E-state index contributed by atoms with van der Waals surface area (Å²) in [5.41, 5.74) is 0. The molecule has 1 heterocycles. The normalized spacial score (nSPS) is 16.4. The molecule has 20 heavy (non-hydrogen) atoms. The maximum Gasteiger partial charge on any atom is 0.204 e. The first-order chi connectivity index (χ1) is 9.35. The standard InChI is InChI=1S/C15H23NO3.ClH/c1-3-5-9-16-10-12-11-18-14-8-6-7-13(17-4-2)15(14)19-12;/h6-8,12,16H,3-5,9-11H2,1-2H3;1H. The summed E-state index contributed by atoms with van der Waals surface area (Å²) >= 11 is 0. The monoisotopic (exact) mass is 301 g/mol. The molecular formula is C15H24ClNO3. The van der Waals surface area contributed by atoms with Crippen LogP contribution in [0, 0.1) is 0 Å². The number of para-hydroxylation sites is 1. The average molecular weight is 302 g/mol. The SMILES string of the molecule is CCCCNCC1COc2cccc(OCC)c2O1.Cl. The molecule has 1 aliphatic rings. The van der Waals surface area contributed by atoms with E-state index in [9.17, 15) is 0 Å². The number of fused-ring (bicyclic) bond motifs is 1. The number of hydrogen-bond acceptors (Lipinski definition) is 4. The number of unbranched alkanes of at least 4 members (excludes halogenated alkanes) is 1. The Morgan fingerprint density at radius 1 is 1.35 bits per heavy atom. The maximum atomic E-state index is 5.98. The van der Waals surface area contributed by atoms with Gasteiger partial charge in [0.15, 0.2) is 11.5 Å². The minimum absolute atomic E-state index is 0. The molecule has 1 N–H and O–H groups in total. The lowest BCUT2D eigenvalue weighted by molar-refractivity contribution is 0.0855. The summed E-state index contributed by atoms with van der Waals surface area (Å²) in [7, 11) is 0. The number of halogens is 1. The van der Waals surface area contributed by atoms with Gasteiger partial charge < -0.3 is 19.5 Å². The van der Waals surface area contributed by atoms with Crippen molar-refractivity contribution in [2.45, 2.75) is 32.8 Å². The molecule has 1 aliphatic heterocycles. The lowest BCUT2D eigenvalue weighted by atomic mass is 10.2. The molecule has 0 aliphatic carbocycles. The van der Waals surface area contributed by atoms with Gasteiger partial charge in [-0.25, -0.2) is 0 Å². The molecule has 0 saturated heterocycles. The molecule has 0 fully saturated rings. The van der Waals surface area contributed by atoms with Gasteiger partial charge in [0.25, 0.3) is 0 Å². The third-order valence-electron chi connectivity index (χ3n) is 3.03. The molecule has 0 aromatic heterocycles. The number of nitrogens with one attached hydrogen (secondary N) is 1. The number of rotatable bonds is 7. The van der Waals surface area contributed by atoms with E-state index in [0.717, 1.165) is 30.3 Å². The molecule has 0 spiro atoms. The molecular weight excluding hydrogens is 278 g/mol. The van der Waals surface area contributed by atoms with Gasteiger partial charge in [0.2, 0.25) is 5.75 Å². The van der Waals surface area contributed by atoms with Crippen LogP contribution < -0.4 is 19.5 Å². The quantitative estimate of drug-likeness (QED) is 0.786. The van der Waals surface area contributed by atoms with Gasteiger partial charge in [0.1, 0.15) is 12.7 Å². The molecule has 1 unspecified atom stereocenters. The summed E-state index contributed by atoms with van der Waals surface area (Å²) in [6.07, 6.45) is 2.44. The van der Waals surface area contributed by atoms with Crippen molar-refractivity contribution in [1.82, 2.24) is 5.32 Å². The van der Waals surface area contributed by atoms with E-state index >= 15 is 0 Å². The van der Waals surface area contributed by atoms with Crippen molar-refractivity contribution >= 4 is 12.4 Å². The Labute approximate surface area is 127 Å². The molecule has 0 amide bonds. The molecule has 2 rings (SSSR count). The second-order valence-corrected chi connectivity index (χ2v) is 4.62. The van der Waals surface area contributed by atoms with E-state index in [1.165, 1.54) is 12.8 Å². The van der Waals surface area contributed by atoms with Crippen LogP contribution in [0.1, 0.15) is 26.7 Å². The fourth-order valence-electron chi connectivity index (χ4n) is 2.04. The maximum absolute atomic E-state index is 5.98. The van der Waals surface area contributed by atoms with Gasteiger partial charge in [-0.3, -0.25) is 0 Å². The Kier molecular flexibility index (Phi) is 7.55. The third-order valence-corrected chi connectivity index (χ3v) is 3.03. The van der Waals surface area contributed by atoms with Crippen molar-refractivity contribution in [3.8, 4) is 17.2 Å². The van der Waals surface area contributed by atoms with Gasteiger partial charge in [0.05, 0.1) is 6.61 Å². The van der Waals surface area contributed by atoms with E-state index in [4.69, 9.17) is 14.2 Å². The van der Waals surface area contributed by atoms with E-state index < -0.39 is 0 Å². The van der Waals surface area contributed by atoms with Crippen LogP contribution in [0.25, 0.3) is 0 Å².